The van der Waals surface area contributed by atoms with Crippen LogP contribution in [0.25, 0.3) is 0 Å². The molecule has 0 atom stereocenters. The minimum atomic E-state index is -3.66. The summed E-state index contributed by atoms with van der Waals surface area (Å²) in [6, 6.07) is 12.4. The lowest BCUT2D eigenvalue weighted by Crippen LogP contribution is -2.39. The molecule has 2 aromatic rings. The summed E-state index contributed by atoms with van der Waals surface area (Å²) in [5.74, 6) is 2.12. The number of nitrogens with two attached hydrogens (primary N) is 1. The molecule has 0 amide bonds. The van der Waals surface area contributed by atoms with Crippen LogP contribution in [0.15, 0.2) is 52.4 Å². The van der Waals surface area contributed by atoms with E-state index in [0.717, 1.165) is 24.0 Å². The number of hydrogen-bond acceptors (Lipinski definition) is 5. The molecule has 4 N–H and O–H groups in total. The summed E-state index contributed by atoms with van der Waals surface area (Å²) in [6.07, 6.45) is 1.53. The maximum atomic E-state index is 11.3. The van der Waals surface area contributed by atoms with Crippen molar-refractivity contribution >= 4 is 16.0 Å². The highest BCUT2D eigenvalue weighted by Gasteiger charge is 2.07. The minimum Gasteiger partial charge on any atom is -0.493 e. The topological polar surface area (TPSA) is 115 Å². The number of primary sulfonamides is 1. The molecular weight excluding hydrogens is 392 g/mol. The van der Waals surface area contributed by atoms with Gasteiger partial charge in [0.25, 0.3) is 0 Å². The molecule has 0 unspecified atom stereocenters. The van der Waals surface area contributed by atoms with Crippen LogP contribution >= 0.6 is 0 Å². The first-order valence-corrected chi connectivity index (χ1v) is 10.7. The number of ether oxygens (including phenoxy) is 2. The number of aliphatic imine (C=N–C) groups is 1. The van der Waals surface area contributed by atoms with Crippen LogP contribution in [-0.2, 0) is 22.9 Å². The number of methoxy groups -OCH3 is 2. The zero-order chi connectivity index (χ0) is 21.3. The molecule has 0 aliphatic carbocycles. The highest BCUT2D eigenvalue weighted by atomic mass is 32.2. The first-order valence-electron chi connectivity index (χ1n) is 9.14. The summed E-state index contributed by atoms with van der Waals surface area (Å²) in [5, 5.41) is 11.6. The molecule has 0 radical (unpaired) electrons. The molecule has 0 heterocycles. The predicted octanol–water partition coefficient (Wildman–Crippen LogP) is 1.30. The van der Waals surface area contributed by atoms with Crippen molar-refractivity contribution in [3.05, 3.63) is 53.6 Å². The first-order chi connectivity index (χ1) is 13.9. The lowest BCUT2D eigenvalue weighted by molar-refractivity contribution is 0.354. The van der Waals surface area contributed by atoms with Crippen LogP contribution < -0.4 is 25.2 Å². The van der Waals surface area contributed by atoms with E-state index in [4.69, 9.17) is 14.6 Å². The van der Waals surface area contributed by atoms with Gasteiger partial charge < -0.3 is 20.1 Å². The van der Waals surface area contributed by atoms with E-state index in [2.05, 4.69) is 15.6 Å². The fraction of sp³-hybridized carbons (Fsp3) is 0.350. The van der Waals surface area contributed by atoms with Gasteiger partial charge in [0.1, 0.15) is 0 Å². The Morgan fingerprint density at radius 3 is 2.00 bits per heavy atom. The van der Waals surface area contributed by atoms with Crippen molar-refractivity contribution in [2.24, 2.45) is 10.1 Å². The summed E-state index contributed by atoms with van der Waals surface area (Å²) in [5.41, 5.74) is 2.13. The Bertz CT molecular complexity index is 928. The summed E-state index contributed by atoms with van der Waals surface area (Å²) in [7, 11) is 1.29. The van der Waals surface area contributed by atoms with Crippen molar-refractivity contribution < 1.29 is 17.9 Å². The summed E-state index contributed by atoms with van der Waals surface area (Å²) in [4.78, 5) is 4.32. The quantitative estimate of drug-likeness (QED) is 0.416. The van der Waals surface area contributed by atoms with Gasteiger partial charge in [0.05, 0.1) is 19.1 Å². The van der Waals surface area contributed by atoms with Gasteiger partial charge in [-0.05, 0) is 48.2 Å². The molecule has 2 rings (SSSR count). The van der Waals surface area contributed by atoms with Crippen LogP contribution in [0.5, 0.6) is 11.5 Å². The van der Waals surface area contributed by atoms with Gasteiger partial charge in [0.2, 0.25) is 10.0 Å². The number of nitrogens with one attached hydrogen (secondary N) is 2. The molecule has 158 valence electrons. The SMILES string of the molecule is CN=C(NCCc1ccc(S(N)(=O)=O)cc1)NCCc1ccc(OC)c(OC)c1. The van der Waals surface area contributed by atoms with E-state index < -0.39 is 10.0 Å². The second kappa shape index (κ2) is 10.7. The van der Waals surface area contributed by atoms with Crippen LogP contribution in [0.1, 0.15) is 11.1 Å². The van der Waals surface area contributed by atoms with E-state index in [1.165, 1.54) is 12.1 Å². The molecule has 0 bridgehead atoms. The lowest BCUT2D eigenvalue weighted by Gasteiger charge is -2.13. The summed E-state index contributed by atoms with van der Waals surface area (Å²) in [6.45, 7) is 1.36. The Labute approximate surface area is 172 Å². The fourth-order valence-electron chi connectivity index (χ4n) is 2.75. The normalized spacial score (nSPS) is 11.8. The van der Waals surface area contributed by atoms with E-state index >= 15 is 0 Å². The second-order valence-electron chi connectivity index (χ2n) is 6.30. The van der Waals surface area contributed by atoms with Crippen LogP contribution in [0.2, 0.25) is 0 Å². The van der Waals surface area contributed by atoms with Crippen molar-refractivity contribution in [2.75, 3.05) is 34.4 Å². The van der Waals surface area contributed by atoms with E-state index in [1.807, 2.05) is 18.2 Å². The first kappa shape index (κ1) is 22.5. The van der Waals surface area contributed by atoms with Gasteiger partial charge in [-0.3, -0.25) is 4.99 Å². The third-order valence-corrected chi connectivity index (χ3v) is 5.26. The fourth-order valence-corrected chi connectivity index (χ4v) is 3.27. The highest BCUT2D eigenvalue weighted by molar-refractivity contribution is 7.89. The van der Waals surface area contributed by atoms with E-state index in [1.54, 1.807) is 33.4 Å². The maximum absolute atomic E-state index is 11.3. The Kier molecular flexibility index (Phi) is 8.29. The minimum absolute atomic E-state index is 0.113. The zero-order valence-corrected chi connectivity index (χ0v) is 17.8. The molecule has 0 aliphatic rings. The van der Waals surface area contributed by atoms with Crippen molar-refractivity contribution in [1.82, 2.24) is 10.6 Å². The second-order valence-corrected chi connectivity index (χ2v) is 7.87. The van der Waals surface area contributed by atoms with E-state index in [0.29, 0.717) is 30.5 Å². The van der Waals surface area contributed by atoms with Gasteiger partial charge in [-0.2, -0.15) is 0 Å². The Balaban J connectivity index is 1.78. The van der Waals surface area contributed by atoms with Gasteiger partial charge in [-0.25, -0.2) is 13.6 Å². The standard InChI is InChI=1S/C20H28N4O4S/c1-22-20(23-12-10-15-4-7-17(8-5-15)29(21,25)26)24-13-11-16-6-9-18(27-2)19(14-16)28-3/h4-9,14H,10-13H2,1-3H3,(H2,21,25,26)(H2,22,23,24). The summed E-state index contributed by atoms with van der Waals surface area (Å²) >= 11 is 0. The average molecular weight is 421 g/mol. The number of sulfonamides is 1. The highest BCUT2D eigenvalue weighted by Crippen LogP contribution is 2.27. The molecule has 0 spiro atoms. The van der Waals surface area contributed by atoms with Gasteiger partial charge in [0.15, 0.2) is 17.5 Å². The predicted molar refractivity (Wildman–Crippen MR) is 114 cm³/mol. The third-order valence-electron chi connectivity index (χ3n) is 4.34. The van der Waals surface area contributed by atoms with Gasteiger partial charge in [-0.15, -0.1) is 0 Å². The number of benzene rings is 2. The Hall–Kier alpha value is -2.78. The van der Waals surface area contributed by atoms with Crippen molar-refractivity contribution in [1.29, 1.82) is 0 Å². The smallest absolute Gasteiger partial charge is 0.238 e. The third kappa shape index (κ3) is 6.95. The van der Waals surface area contributed by atoms with Crippen LogP contribution in [0.4, 0.5) is 0 Å². The maximum Gasteiger partial charge on any atom is 0.238 e. The molecule has 0 fully saturated rings. The van der Waals surface area contributed by atoms with Gasteiger partial charge in [-0.1, -0.05) is 18.2 Å². The summed E-state index contributed by atoms with van der Waals surface area (Å²) < 4.78 is 33.1. The van der Waals surface area contributed by atoms with Crippen molar-refractivity contribution in [3.8, 4) is 11.5 Å². The Morgan fingerprint density at radius 1 is 0.931 bits per heavy atom. The molecule has 8 nitrogen and oxygen atoms in total. The zero-order valence-electron chi connectivity index (χ0n) is 16.9. The molecule has 29 heavy (non-hydrogen) atoms. The number of hydrogen-bond donors (Lipinski definition) is 3. The molecule has 0 saturated carbocycles. The molecule has 0 saturated heterocycles. The van der Waals surface area contributed by atoms with Gasteiger partial charge >= 0.3 is 0 Å². The van der Waals surface area contributed by atoms with Crippen molar-refractivity contribution in [2.45, 2.75) is 17.7 Å². The lowest BCUT2D eigenvalue weighted by atomic mass is 10.1. The van der Waals surface area contributed by atoms with Crippen LogP contribution in [-0.4, -0.2) is 48.7 Å². The largest absolute Gasteiger partial charge is 0.493 e. The molecular formula is C20H28N4O4S. The molecule has 2 aromatic carbocycles. The van der Waals surface area contributed by atoms with Gasteiger partial charge in [0, 0.05) is 20.1 Å². The molecule has 0 aliphatic heterocycles. The number of guanidine groups is 1. The molecule has 9 heteroatoms. The molecule has 0 aromatic heterocycles. The monoisotopic (exact) mass is 420 g/mol. The number of rotatable bonds is 9. The van der Waals surface area contributed by atoms with E-state index in [9.17, 15) is 8.42 Å². The van der Waals surface area contributed by atoms with Crippen LogP contribution in [0, 0.1) is 0 Å². The Morgan fingerprint density at radius 2 is 1.48 bits per heavy atom. The van der Waals surface area contributed by atoms with E-state index in [-0.39, 0.29) is 4.90 Å². The van der Waals surface area contributed by atoms with Crippen LogP contribution in [0.3, 0.4) is 0 Å². The van der Waals surface area contributed by atoms with Crippen molar-refractivity contribution in [3.63, 3.8) is 0 Å². The number of nitrogens with zero attached hydrogens (tertiary/aromatic N) is 1. The average Bonchev–Trinajstić information content (AvgIpc) is 2.72.